The molecule has 0 unspecified atom stereocenters. The molecule has 0 saturated heterocycles. The van der Waals surface area contributed by atoms with Crippen LogP contribution in [-0.4, -0.2) is 23.7 Å². The van der Waals surface area contributed by atoms with Gasteiger partial charge in [-0.25, -0.2) is 4.98 Å². The van der Waals surface area contributed by atoms with Gasteiger partial charge in [0.2, 0.25) is 5.88 Å². The molecule has 0 aliphatic rings. The first-order valence-corrected chi connectivity index (χ1v) is 8.73. The fraction of sp³-hybridized carbons (Fsp3) is 0.368. The molecule has 0 aliphatic carbocycles. The van der Waals surface area contributed by atoms with Gasteiger partial charge in [-0.05, 0) is 51.5 Å². The fourth-order valence-corrected chi connectivity index (χ4v) is 2.74. The first-order valence-electron chi connectivity index (χ1n) is 7.97. The summed E-state index contributed by atoms with van der Waals surface area (Å²) in [6.07, 6.45) is -0.0320. The van der Waals surface area contributed by atoms with Crippen LogP contribution >= 0.6 is 23.2 Å². The molecule has 1 aromatic carbocycles. The van der Waals surface area contributed by atoms with Gasteiger partial charge in [-0.15, -0.1) is 0 Å². The Hall–Kier alpha value is -1.98. The van der Waals surface area contributed by atoms with Crippen LogP contribution < -0.4 is 9.47 Å². The summed E-state index contributed by atoms with van der Waals surface area (Å²) in [5.74, 6) is 0.604. The summed E-state index contributed by atoms with van der Waals surface area (Å²) < 4.78 is 16.4. The Morgan fingerprint density at radius 2 is 1.85 bits per heavy atom. The lowest BCUT2D eigenvalue weighted by Gasteiger charge is -2.19. The second-order valence-electron chi connectivity index (χ2n) is 6.76. The van der Waals surface area contributed by atoms with Gasteiger partial charge < -0.3 is 14.2 Å². The number of hydrogen-bond acceptors (Lipinski definition) is 5. The molecule has 0 bridgehead atoms. The largest absolute Gasteiger partial charge is 0.480 e. The zero-order chi connectivity index (χ0) is 19.5. The summed E-state index contributed by atoms with van der Waals surface area (Å²) >= 11 is 12.4. The summed E-state index contributed by atoms with van der Waals surface area (Å²) in [4.78, 5) is 16.3. The molecule has 140 valence electrons. The monoisotopic (exact) mass is 397 g/mol. The second kappa shape index (κ2) is 8.14. The number of rotatable bonds is 5. The molecule has 7 heteroatoms. The highest BCUT2D eigenvalue weighted by atomic mass is 35.5. The molecule has 0 radical (unpaired) electrons. The van der Waals surface area contributed by atoms with Crippen molar-refractivity contribution in [2.75, 3.05) is 7.11 Å². The highest BCUT2D eigenvalue weighted by Crippen LogP contribution is 2.37. The molecule has 1 heterocycles. The van der Waals surface area contributed by atoms with Crippen LogP contribution in [0.25, 0.3) is 0 Å². The minimum atomic E-state index is -0.578. The number of hydrogen-bond donors (Lipinski definition) is 0. The molecule has 0 spiro atoms. The van der Waals surface area contributed by atoms with Crippen molar-refractivity contribution in [3.8, 4) is 17.4 Å². The van der Waals surface area contributed by atoms with Crippen molar-refractivity contribution in [2.24, 2.45) is 0 Å². The number of ether oxygens (including phenoxy) is 3. The summed E-state index contributed by atoms with van der Waals surface area (Å²) in [5, 5.41) is 0.754. The minimum Gasteiger partial charge on any atom is -0.480 e. The average Bonchev–Trinajstić information content (AvgIpc) is 2.47. The van der Waals surface area contributed by atoms with Crippen LogP contribution in [0.1, 0.15) is 32.0 Å². The van der Waals surface area contributed by atoms with E-state index in [2.05, 4.69) is 4.98 Å². The second-order valence-corrected chi connectivity index (χ2v) is 7.58. The van der Waals surface area contributed by atoms with Crippen molar-refractivity contribution in [1.29, 1.82) is 0 Å². The van der Waals surface area contributed by atoms with Crippen LogP contribution in [0.2, 0.25) is 10.0 Å². The number of carbonyl (C=O) groups excluding carboxylic acids is 1. The Balaban J connectivity index is 2.32. The van der Waals surface area contributed by atoms with E-state index in [0.29, 0.717) is 22.2 Å². The standard InChI is InChI=1S/C19H21Cl2NO4/c1-11-6-12(20)8-14(7-11)25-15-9-13(22-18(24-5)17(15)21)10-16(23)26-19(2,3)4/h6-9H,10H2,1-5H3. The summed E-state index contributed by atoms with van der Waals surface area (Å²) in [6.45, 7) is 7.31. The third kappa shape index (κ3) is 5.78. The van der Waals surface area contributed by atoms with E-state index < -0.39 is 11.6 Å². The first kappa shape index (κ1) is 20.3. The van der Waals surface area contributed by atoms with Crippen LogP contribution in [0.4, 0.5) is 0 Å². The van der Waals surface area contributed by atoms with Gasteiger partial charge in [0.25, 0.3) is 0 Å². The molecule has 0 atom stereocenters. The van der Waals surface area contributed by atoms with E-state index in [1.807, 2.05) is 19.1 Å². The first-order chi connectivity index (χ1) is 12.1. The highest BCUT2D eigenvalue weighted by molar-refractivity contribution is 6.33. The molecule has 5 nitrogen and oxygen atoms in total. The number of carbonyl (C=O) groups is 1. The molecular weight excluding hydrogens is 377 g/mol. The molecule has 2 aromatic rings. The summed E-state index contributed by atoms with van der Waals surface area (Å²) in [6, 6.07) is 6.90. The molecule has 0 fully saturated rings. The van der Waals surface area contributed by atoms with Crippen LogP contribution in [0, 0.1) is 6.92 Å². The van der Waals surface area contributed by atoms with Crippen LogP contribution in [-0.2, 0) is 16.0 Å². The van der Waals surface area contributed by atoms with E-state index >= 15 is 0 Å². The van der Waals surface area contributed by atoms with Gasteiger partial charge in [-0.2, -0.15) is 0 Å². The van der Waals surface area contributed by atoms with E-state index in [4.69, 9.17) is 37.4 Å². The fourth-order valence-electron chi connectivity index (χ4n) is 2.25. The number of benzene rings is 1. The lowest BCUT2D eigenvalue weighted by atomic mass is 10.2. The van der Waals surface area contributed by atoms with Crippen LogP contribution in [0.15, 0.2) is 24.3 Å². The van der Waals surface area contributed by atoms with Gasteiger partial charge in [0.15, 0.2) is 5.75 Å². The van der Waals surface area contributed by atoms with E-state index in [1.165, 1.54) is 7.11 Å². The van der Waals surface area contributed by atoms with Crippen molar-refractivity contribution in [3.05, 3.63) is 45.6 Å². The third-order valence-corrected chi connectivity index (χ3v) is 3.70. The van der Waals surface area contributed by atoms with Crippen LogP contribution in [0.5, 0.6) is 17.4 Å². The molecule has 26 heavy (non-hydrogen) atoms. The van der Waals surface area contributed by atoms with E-state index in [1.54, 1.807) is 32.9 Å². The number of pyridine rings is 1. The quantitative estimate of drug-likeness (QED) is 0.633. The van der Waals surface area contributed by atoms with Gasteiger partial charge in [0.05, 0.1) is 19.2 Å². The highest BCUT2D eigenvalue weighted by Gasteiger charge is 2.20. The lowest BCUT2D eigenvalue weighted by Crippen LogP contribution is -2.25. The zero-order valence-corrected chi connectivity index (χ0v) is 16.9. The number of halogens is 2. The minimum absolute atomic E-state index is 0.0320. The number of nitrogens with zero attached hydrogens (tertiary/aromatic N) is 1. The zero-order valence-electron chi connectivity index (χ0n) is 15.4. The summed E-state index contributed by atoms with van der Waals surface area (Å²) in [7, 11) is 1.44. The Labute approximate surface area is 163 Å². The maximum Gasteiger partial charge on any atom is 0.312 e. The lowest BCUT2D eigenvalue weighted by molar-refractivity contribution is -0.153. The van der Waals surface area contributed by atoms with Crippen molar-refractivity contribution >= 4 is 29.2 Å². The predicted molar refractivity (Wildman–Crippen MR) is 102 cm³/mol. The molecule has 1 aromatic heterocycles. The predicted octanol–water partition coefficient (Wildman–Crippen LogP) is 5.38. The summed E-state index contributed by atoms with van der Waals surface area (Å²) in [5.41, 5.74) is 0.790. The topological polar surface area (TPSA) is 57.7 Å². The molecular formula is C19H21Cl2NO4. The number of esters is 1. The number of aryl methyl sites for hydroxylation is 1. The Morgan fingerprint density at radius 1 is 1.15 bits per heavy atom. The number of aromatic nitrogens is 1. The van der Waals surface area contributed by atoms with Crippen molar-refractivity contribution < 1.29 is 19.0 Å². The van der Waals surface area contributed by atoms with Crippen molar-refractivity contribution in [3.63, 3.8) is 0 Å². The maximum absolute atomic E-state index is 12.1. The van der Waals surface area contributed by atoms with Gasteiger partial charge in [0.1, 0.15) is 16.4 Å². The van der Waals surface area contributed by atoms with Gasteiger partial charge >= 0.3 is 5.97 Å². The van der Waals surface area contributed by atoms with Gasteiger partial charge in [-0.3, -0.25) is 4.79 Å². The average molecular weight is 398 g/mol. The van der Waals surface area contributed by atoms with Crippen molar-refractivity contribution in [2.45, 2.75) is 39.7 Å². The SMILES string of the molecule is COc1nc(CC(=O)OC(C)(C)C)cc(Oc2cc(C)cc(Cl)c2)c1Cl. The normalized spacial score (nSPS) is 11.2. The third-order valence-electron chi connectivity index (χ3n) is 3.13. The van der Waals surface area contributed by atoms with E-state index in [-0.39, 0.29) is 17.3 Å². The van der Waals surface area contributed by atoms with Crippen LogP contribution in [0.3, 0.4) is 0 Å². The molecule has 0 N–H and O–H groups in total. The van der Waals surface area contributed by atoms with Crippen molar-refractivity contribution in [1.82, 2.24) is 4.98 Å². The Morgan fingerprint density at radius 3 is 2.42 bits per heavy atom. The smallest absolute Gasteiger partial charge is 0.312 e. The van der Waals surface area contributed by atoms with E-state index in [0.717, 1.165) is 5.56 Å². The molecule has 0 aliphatic heterocycles. The molecule has 0 saturated carbocycles. The van der Waals surface area contributed by atoms with Gasteiger partial charge in [-0.1, -0.05) is 23.2 Å². The molecule has 0 amide bonds. The maximum atomic E-state index is 12.1. The Kier molecular flexibility index (Phi) is 6.37. The molecule has 2 rings (SSSR count). The number of methoxy groups -OCH3 is 1. The van der Waals surface area contributed by atoms with Gasteiger partial charge in [0, 0.05) is 11.1 Å². The Bertz CT molecular complexity index is 796. The van der Waals surface area contributed by atoms with E-state index in [9.17, 15) is 4.79 Å².